The zero-order valence-corrected chi connectivity index (χ0v) is 19.4. The minimum atomic E-state index is -1.48. The van der Waals surface area contributed by atoms with E-state index in [1.165, 1.54) is 100 Å². The normalized spacial score (nSPS) is 10.9. The Hall–Kier alpha value is -1.55. The summed E-state index contributed by atoms with van der Waals surface area (Å²) in [5.74, 6) is -1.77. The zero-order valence-electron chi connectivity index (χ0n) is 18.6. The Labute approximate surface area is 186 Å². The molecular formula is C25H39ClO4. The molecule has 0 aromatic heterocycles. The summed E-state index contributed by atoms with van der Waals surface area (Å²) in [6, 6.07) is 6.45. The molecule has 0 spiro atoms. The molecule has 2 aliphatic carbocycles. The second-order valence-corrected chi connectivity index (χ2v) is 8.28. The summed E-state index contributed by atoms with van der Waals surface area (Å²) in [5, 5.41) is 10.5. The van der Waals surface area contributed by atoms with Gasteiger partial charge in [-0.25, -0.2) is 4.79 Å². The number of hydrogen-bond donors (Lipinski definition) is 1. The highest BCUT2D eigenvalue weighted by Gasteiger charge is 2.07. The molecule has 1 N–H and O–H groups in total. The largest absolute Gasteiger partial charge is 0.493 e. The molecule has 0 heterocycles. The zero-order chi connectivity index (χ0) is 22.0. The van der Waals surface area contributed by atoms with Crippen LogP contribution in [0.25, 0.3) is 0 Å². The van der Waals surface area contributed by atoms with E-state index in [0.717, 1.165) is 12.4 Å². The summed E-state index contributed by atoms with van der Waals surface area (Å²) >= 11 is 4.82. The van der Waals surface area contributed by atoms with Crippen molar-refractivity contribution < 1.29 is 19.4 Å². The monoisotopic (exact) mass is 438 g/mol. The lowest BCUT2D eigenvalue weighted by Gasteiger charge is -2.12. The third kappa shape index (κ3) is 11.6. The SMILES string of the molecule is CCCCCCCCCCCCCCCCOc1cc2ccc1=2.O=C(O)C(=O)CCl. The lowest BCUT2D eigenvalue weighted by atomic mass is 10.0. The van der Waals surface area contributed by atoms with Gasteiger partial charge in [0.1, 0.15) is 5.75 Å². The van der Waals surface area contributed by atoms with Crippen LogP contribution in [0.15, 0.2) is 18.2 Å². The Bertz CT molecular complexity index is 702. The molecule has 0 aromatic carbocycles. The van der Waals surface area contributed by atoms with Gasteiger partial charge in [0.2, 0.25) is 0 Å². The van der Waals surface area contributed by atoms with Crippen LogP contribution < -0.4 is 4.74 Å². The van der Waals surface area contributed by atoms with E-state index in [4.69, 9.17) is 21.4 Å². The molecular weight excluding hydrogens is 400 g/mol. The summed E-state index contributed by atoms with van der Waals surface area (Å²) < 4.78 is 5.77. The first kappa shape index (κ1) is 26.5. The average molecular weight is 439 g/mol. The third-order valence-corrected chi connectivity index (χ3v) is 5.65. The number of carbonyl (C=O) groups excluding carboxylic acids is 1. The Morgan fingerprint density at radius 3 is 1.63 bits per heavy atom. The van der Waals surface area contributed by atoms with Crippen LogP contribution in [0, 0.1) is 10.4 Å². The fraction of sp³-hybridized carbons (Fsp3) is 0.680. The molecule has 4 nitrogen and oxygen atoms in total. The van der Waals surface area contributed by atoms with Gasteiger partial charge in [0, 0.05) is 5.22 Å². The predicted molar refractivity (Wildman–Crippen MR) is 123 cm³/mol. The summed E-state index contributed by atoms with van der Waals surface area (Å²) in [4.78, 5) is 19.3. The fourth-order valence-corrected chi connectivity index (χ4v) is 3.52. The van der Waals surface area contributed by atoms with E-state index in [9.17, 15) is 9.59 Å². The number of carboxylic acids is 1. The summed E-state index contributed by atoms with van der Waals surface area (Å²) in [6.07, 6.45) is 19.8. The lowest BCUT2D eigenvalue weighted by molar-refractivity contribution is -0.147. The van der Waals surface area contributed by atoms with E-state index >= 15 is 0 Å². The van der Waals surface area contributed by atoms with Crippen molar-refractivity contribution in [2.24, 2.45) is 0 Å². The minimum absolute atomic E-state index is 0.449. The molecule has 30 heavy (non-hydrogen) atoms. The van der Waals surface area contributed by atoms with Crippen LogP contribution >= 0.6 is 11.6 Å². The van der Waals surface area contributed by atoms with Gasteiger partial charge >= 0.3 is 5.97 Å². The second-order valence-electron chi connectivity index (χ2n) is 8.02. The highest BCUT2D eigenvalue weighted by molar-refractivity contribution is 6.44. The number of benzene rings is 1. The Kier molecular flexibility index (Phi) is 15.2. The summed E-state index contributed by atoms with van der Waals surface area (Å²) in [5.41, 5.74) is 0. The van der Waals surface area contributed by atoms with Gasteiger partial charge in [0.15, 0.2) is 0 Å². The van der Waals surface area contributed by atoms with E-state index in [0.29, 0.717) is 0 Å². The van der Waals surface area contributed by atoms with E-state index in [1.54, 1.807) is 0 Å². The highest BCUT2D eigenvalue weighted by atomic mass is 35.5. The minimum Gasteiger partial charge on any atom is -0.493 e. The molecule has 0 fully saturated rings. The van der Waals surface area contributed by atoms with Crippen molar-refractivity contribution >= 4 is 23.4 Å². The molecule has 0 radical (unpaired) electrons. The predicted octanol–water partition coefficient (Wildman–Crippen LogP) is 7.03. The van der Waals surface area contributed by atoms with Crippen molar-refractivity contribution in [1.82, 2.24) is 0 Å². The standard InChI is InChI=1S/C22H36O.C3H3ClO3/c1-2-3-4-5-6-7-8-9-10-11-12-13-14-15-18-23-22-19-20-16-17-21(20)22;4-1-2(5)3(6)7/h16-17,19H,2-15,18H2,1H3;1H2,(H,6,7). The van der Waals surface area contributed by atoms with Gasteiger partial charge in [-0.15, -0.1) is 11.6 Å². The number of halogens is 1. The highest BCUT2D eigenvalue weighted by Crippen LogP contribution is 2.24. The topological polar surface area (TPSA) is 63.6 Å². The summed E-state index contributed by atoms with van der Waals surface area (Å²) in [6.45, 7) is 3.19. The van der Waals surface area contributed by atoms with Crippen molar-refractivity contribution in [3.05, 3.63) is 28.6 Å². The number of Topliss-reactive ketones (excluding diaryl/α,β-unsaturated/α-hetero) is 1. The maximum Gasteiger partial charge on any atom is 0.373 e. The van der Waals surface area contributed by atoms with Crippen LogP contribution in [-0.2, 0) is 9.59 Å². The maximum atomic E-state index is 9.78. The number of rotatable bonds is 18. The first-order valence-electron chi connectivity index (χ1n) is 11.7. The van der Waals surface area contributed by atoms with E-state index in [1.807, 2.05) is 0 Å². The Morgan fingerprint density at radius 2 is 1.33 bits per heavy atom. The lowest BCUT2D eigenvalue weighted by Crippen LogP contribution is -2.12. The van der Waals surface area contributed by atoms with E-state index in [-0.39, 0.29) is 0 Å². The van der Waals surface area contributed by atoms with Crippen LogP contribution in [-0.4, -0.2) is 29.3 Å². The quantitative estimate of drug-likeness (QED) is 0.154. The van der Waals surface area contributed by atoms with Gasteiger partial charge in [0.25, 0.3) is 5.78 Å². The second kappa shape index (κ2) is 17.2. The van der Waals surface area contributed by atoms with Crippen LogP contribution in [0.1, 0.15) is 96.8 Å². The fourth-order valence-electron chi connectivity index (χ4n) is 3.41. The number of ketones is 1. The number of carboxylic acid groups (broad SMARTS) is 1. The van der Waals surface area contributed by atoms with Crippen LogP contribution in [0.3, 0.4) is 0 Å². The average Bonchev–Trinajstić information content (AvgIpc) is 2.73. The molecule has 5 heteroatoms. The van der Waals surface area contributed by atoms with Gasteiger partial charge in [0.05, 0.1) is 12.5 Å². The molecule has 0 amide bonds. The molecule has 0 bridgehead atoms. The van der Waals surface area contributed by atoms with Gasteiger partial charge in [-0.3, -0.25) is 4.79 Å². The number of aliphatic carboxylic acids is 1. The van der Waals surface area contributed by atoms with E-state index < -0.39 is 17.6 Å². The van der Waals surface area contributed by atoms with Gasteiger partial charge in [-0.2, -0.15) is 0 Å². The molecule has 170 valence electrons. The van der Waals surface area contributed by atoms with Crippen molar-refractivity contribution in [2.75, 3.05) is 12.5 Å². The first-order valence-corrected chi connectivity index (χ1v) is 12.2. The smallest absolute Gasteiger partial charge is 0.373 e. The molecule has 0 saturated heterocycles. The number of hydrogen-bond acceptors (Lipinski definition) is 3. The third-order valence-electron chi connectivity index (χ3n) is 5.41. The number of alkyl halides is 1. The van der Waals surface area contributed by atoms with Crippen molar-refractivity contribution in [2.45, 2.75) is 96.8 Å². The Morgan fingerprint density at radius 1 is 0.833 bits per heavy atom. The first-order chi connectivity index (χ1) is 14.6. The van der Waals surface area contributed by atoms with E-state index in [2.05, 4.69) is 25.1 Å². The number of ether oxygens (including phenoxy) is 1. The van der Waals surface area contributed by atoms with Crippen LogP contribution in [0.5, 0.6) is 5.75 Å². The van der Waals surface area contributed by atoms with Gasteiger partial charge < -0.3 is 9.84 Å². The Balaban J connectivity index is 0.000000553. The van der Waals surface area contributed by atoms with Crippen LogP contribution in [0.2, 0.25) is 0 Å². The molecule has 2 aliphatic rings. The van der Waals surface area contributed by atoms with Crippen molar-refractivity contribution in [1.29, 1.82) is 0 Å². The van der Waals surface area contributed by atoms with Gasteiger partial charge in [-0.1, -0.05) is 103 Å². The number of unbranched alkanes of at least 4 members (excludes halogenated alkanes) is 13. The number of carbonyl (C=O) groups is 2. The van der Waals surface area contributed by atoms with Crippen molar-refractivity contribution in [3.63, 3.8) is 0 Å². The van der Waals surface area contributed by atoms with Gasteiger partial charge in [-0.05, 0) is 17.7 Å². The molecule has 0 aliphatic heterocycles. The maximum absolute atomic E-state index is 9.78. The summed E-state index contributed by atoms with van der Waals surface area (Å²) in [7, 11) is 0. The molecule has 0 aromatic rings. The molecule has 2 rings (SSSR count). The van der Waals surface area contributed by atoms with Crippen molar-refractivity contribution in [3.8, 4) is 5.75 Å². The van der Waals surface area contributed by atoms with Crippen LogP contribution in [0.4, 0.5) is 0 Å². The molecule has 0 atom stereocenters. The molecule has 0 saturated carbocycles. The molecule has 0 unspecified atom stereocenters.